The van der Waals surface area contributed by atoms with E-state index in [1.807, 2.05) is 24.3 Å². The van der Waals surface area contributed by atoms with Crippen LogP contribution in [0.3, 0.4) is 0 Å². The highest BCUT2D eigenvalue weighted by Gasteiger charge is 2.17. The van der Waals surface area contributed by atoms with Crippen LogP contribution in [0, 0.1) is 5.92 Å². The van der Waals surface area contributed by atoms with E-state index in [9.17, 15) is 9.59 Å². The van der Waals surface area contributed by atoms with Gasteiger partial charge >= 0.3 is 0 Å². The summed E-state index contributed by atoms with van der Waals surface area (Å²) in [7, 11) is 0. The second-order valence-corrected chi connectivity index (χ2v) is 6.88. The molecule has 0 saturated heterocycles. The molecule has 0 unspecified atom stereocenters. The number of carbonyl (C=O) groups is 2. The van der Waals surface area contributed by atoms with Crippen molar-refractivity contribution < 1.29 is 9.59 Å². The fraction of sp³-hybridized carbons (Fsp3) is 0.381. The first-order valence-corrected chi connectivity index (χ1v) is 9.28. The Morgan fingerprint density at radius 1 is 1.04 bits per heavy atom. The molecule has 26 heavy (non-hydrogen) atoms. The van der Waals surface area contributed by atoms with Gasteiger partial charge in [0, 0.05) is 31.0 Å². The van der Waals surface area contributed by atoms with Gasteiger partial charge in [-0.3, -0.25) is 14.6 Å². The van der Waals surface area contributed by atoms with E-state index < -0.39 is 0 Å². The molecule has 0 aliphatic heterocycles. The average molecular weight is 351 g/mol. The Labute approximate surface area is 154 Å². The number of pyridine rings is 1. The lowest BCUT2D eigenvalue weighted by atomic mass is 9.87. The molecular weight excluding hydrogens is 326 g/mol. The summed E-state index contributed by atoms with van der Waals surface area (Å²) in [6, 6.07) is 11.1. The van der Waals surface area contributed by atoms with Crippen LogP contribution in [-0.2, 0) is 11.3 Å². The van der Waals surface area contributed by atoms with Gasteiger partial charge in [-0.15, -0.1) is 0 Å². The Balaban J connectivity index is 1.45. The molecule has 3 rings (SSSR count). The maximum absolute atomic E-state index is 12.2. The molecule has 2 amide bonds. The van der Waals surface area contributed by atoms with E-state index in [1.165, 1.54) is 32.1 Å². The smallest absolute Gasteiger partial charge is 0.253 e. The largest absolute Gasteiger partial charge is 0.348 e. The Morgan fingerprint density at radius 2 is 1.81 bits per heavy atom. The Morgan fingerprint density at radius 3 is 2.50 bits per heavy atom. The average Bonchev–Trinajstić information content (AvgIpc) is 2.68. The van der Waals surface area contributed by atoms with Crippen LogP contribution in [0.25, 0.3) is 0 Å². The zero-order valence-electron chi connectivity index (χ0n) is 14.9. The van der Waals surface area contributed by atoms with Crippen molar-refractivity contribution in [2.75, 3.05) is 5.32 Å². The van der Waals surface area contributed by atoms with Gasteiger partial charge in [-0.25, -0.2) is 0 Å². The van der Waals surface area contributed by atoms with Crippen LogP contribution in [0.4, 0.5) is 5.69 Å². The maximum atomic E-state index is 12.2. The first-order valence-electron chi connectivity index (χ1n) is 9.28. The number of hydrogen-bond donors (Lipinski definition) is 2. The van der Waals surface area contributed by atoms with Crippen LogP contribution in [0.1, 0.15) is 54.4 Å². The molecule has 136 valence electrons. The lowest BCUT2D eigenvalue weighted by Gasteiger charge is -2.20. The molecule has 0 bridgehead atoms. The minimum atomic E-state index is -0.150. The van der Waals surface area contributed by atoms with Gasteiger partial charge in [-0.05, 0) is 48.6 Å². The van der Waals surface area contributed by atoms with Crippen molar-refractivity contribution in [2.45, 2.75) is 45.1 Å². The summed E-state index contributed by atoms with van der Waals surface area (Å²) in [4.78, 5) is 28.1. The lowest BCUT2D eigenvalue weighted by molar-refractivity contribution is -0.117. The van der Waals surface area contributed by atoms with Crippen molar-refractivity contribution in [3.8, 4) is 0 Å². The minimum absolute atomic E-state index is 0.0922. The third kappa shape index (κ3) is 5.41. The number of anilines is 1. The molecule has 1 aliphatic carbocycles. The summed E-state index contributed by atoms with van der Waals surface area (Å²) in [5, 5.41) is 5.84. The predicted molar refractivity (Wildman–Crippen MR) is 102 cm³/mol. The van der Waals surface area contributed by atoms with Gasteiger partial charge in [-0.1, -0.05) is 31.4 Å². The molecule has 1 fully saturated rings. The number of nitrogens with one attached hydrogen (secondary N) is 2. The Kier molecular flexibility index (Phi) is 6.36. The molecule has 0 spiro atoms. The summed E-state index contributed by atoms with van der Waals surface area (Å²) < 4.78 is 0. The number of aromatic nitrogens is 1. The fourth-order valence-corrected chi connectivity index (χ4v) is 3.35. The number of amides is 2. The molecule has 2 aromatic rings. The summed E-state index contributed by atoms with van der Waals surface area (Å²) in [6.45, 7) is 0.435. The van der Waals surface area contributed by atoms with E-state index in [0.717, 1.165) is 11.3 Å². The van der Waals surface area contributed by atoms with Crippen molar-refractivity contribution in [1.29, 1.82) is 0 Å². The lowest BCUT2D eigenvalue weighted by Crippen LogP contribution is -2.22. The first kappa shape index (κ1) is 18.1. The van der Waals surface area contributed by atoms with Crippen LogP contribution in [0.15, 0.2) is 48.8 Å². The Bertz CT molecular complexity index is 723. The van der Waals surface area contributed by atoms with Crippen LogP contribution in [0.2, 0.25) is 0 Å². The molecule has 1 aromatic carbocycles. The predicted octanol–water partition coefficient (Wildman–Crippen LogP) is 3.92. The van der Waals surface area contributed by atoms with Gasteiger partial charge in [-0.2, -0.15) is 0 Å². The summed E-state index contributed by atoms with van der Waals surface area (Å²) >= 11 is 0. The SMILES string of the molecule is O=C(CC1CCCCC1)Nc1ccc(CNC(=O)c2cccnc2)cc1. The van der Waals surface area contributed by atoms with Crippen molar-refractivity contribution in [3.05, 3.63) is 59.9 Å². The van der Waals surface area contributed by atoms with Crippen LogP contribution in [-0.4, -0.2) is 16.8 Å². The minimum Gasteiger partial charge on any atom is -0.348 e. The first-order chi connectivity index (χ1) is 12.7. The molecule has 0 radical (unpaired) electrons. The standard InChI is InChI=1S/C21H25N3O2/c25-20(13-16-5-2-1-3-6-16)24-19-10-8-17(9-11-19)14-23-21(26)18-7-4-12-22-15-18/h4,7-12,15-16H,1-3,5-6,13-14H2,(H,23,26)(H,24,25). The number of carbonyl (C=O) groups excluding carboxylic acids is 2. The normalized spacial score (nSPS) is 14.6. The highest BCUT2D eigenvalue weighted by molar-refractivity contribution is 5.93. The van der Waals surface area contributed by atoms with Crippen molar-refractivity contribution in [3.63, 3.8) is 0 Å². The maximum Gasteiger partial charge on any atom is 0.253 e. The van der Waals surface area contributed by atoms with Gasteiger partial charge in [0.2, 0.25) is 5.91 Å². The van der Waals surface area contributed by atoms with E-state index in [4.69, 9.17) is 0 Å². The monoisotopic (exact) mass is 351 g/mol. The molecule has 1 saturated carbocycles. The second kappa shape index (κ2) is 9.13. The Hall–Kier alpha value is -2.69. The van der Waals surface area contributed by atoms with Crippen molar-refractivity contribution in [2.24, 2.45) is 5.92 Å². The van der Waals surface area contributed by atoms with Gasteiger partial charge < -0.3 is 10.6 Å². The summed E-state index contributed by atoms with van der Waals surface area (Å²) in [5.74, 6) is 0.475. The summed E-state index contributed by atoms with van der Waals surface area (Å²) in [5.41, 5.74) is 2.32. The van der Waals surface area contributed by atoms with Crippen molar-refractivity contribution in [1.82, 2.24) is 10.3 Å². The topological polar surface area (TPSA) is 71.1 Å². The highest BCUT2D eigenvalue weighted by atomic mass is 16.2. The number of nitrogens with zero attached hydrogens (tertiary/aromatic N) is 1. The van der Waals surface area contributed by atoms with E-state index in [1.54, 1.807) is 24.5 Å². The zero-order valence-corrected chi connectivity index (χ0v) is 14.9. The molecule has 1 aliphatic rings. The molecule has 1 heterocycles. The van der Waals surface area contributed by atoms with Crippen LogP contribution < -0.4 is 10.6 Å². The van der Waals surface area contributed by atoms with E-state index in [2.05, 4.69) is 15.6 Å². The number of rotatable bonds is 6. The molecule has 5 heteroatoms. The van der Waals surface area contributed by atoms with Gasteiger partial charge in [0.05, 0.1) is 5.56 Å². The van der Waals surface area contributed by atoms with Crippen LogP contribution >= 0.6 is 0 Å². The number of benzene rings is 1. The van der Waals surface area contributed by atoms with Gasteiger partial charge in [0.1, 0.15) is 0 Å². The third-order valence-corrected chi connectivity index (χ3v) is 4.81. The molecule has 2 N–H and O–H groups in total. The zero-order chi connectivity index (χ0) is 18.2. The van der Waals surface area contributed by atoms with E-state index in [0.29, 0.717) is 24.4 Å². The number of hydrogen-bond acceptors (Lipinski definition) is 3. The fourth-order valence-electron chi connectivity index (χ4n) is 3.35. The molecule has 1 aromatic heterocycles. The summed E-state index contributed by atoms with van der Waals surface area (Å²) in [6.07, 6.45) is 9.93. The quantitative estimate of drug-likeness (QED) is 0.828. The van der Waals surface area contributed by atoms with Gasteiger partial charge in [0.25, 0.3) is 5.91 Å². The molecule has 0 atom stereocenters. The van der Waals surface area contributed by atoms with Crippen molar-refractivity contribution >= 4 is 17.5 Å². The van der Waals surface area contributed by atoms with E-state index >= 15 is 0 Å². The highest BCUT2D eigenvalue weighted by Crippen LogP contribution is 2.26. The van der Waals surface area contributed by atoms with Crippen LogP contribution in [0.5, 0.6) is 0 Å². The molecular formula is C21H25N3O2. The van der Waals surface area contributed by atoms with E-state index in [-0.39, 0.29) is 11.8 Å². The van der Waals surface area contributed by atoms with Gasteiger partial charge in [0.15, 0.2) is 0 Å². The third-order valence-electron chi connectivity index (χ3n) is 4.81. The second-order valence-electron chi connectivity index (χ2n) is 6.88. The molecule has 5 nitrogen and oxygen atoms in total.